The number of aryl methyl sites for hydroxylation is 1. The number of hydrogen-bond acceptors (Lipinski definition) is 5. The summed E-state index contributed by atoms with van der Waals surface area (Å²) in [4.78, 5) is 12.5. The van der Waals surface area contributed by atoms with E-state index < -0.39 is 0 Å². The van der Waals surface area contributed by atoms with Crippen molar-refractivity contribution in [3.63, 3.8) is 0 Å². The molecule has 3 aromatic heterocycles. The zero-order valence-corrected chi connectivity index (χ0v) is 16.2. The fourth-order valence-corrected chi connectivity index (χ4v) is 3.78. The summed E-state index contributed by atoms with van der Waals surface area (Å²) in [6, 6.07) is 17.1. The molecule has 29 heavy (non-hydrogen) atoms. The van der Waals surface area contributed by atoms with Gasteiger partial charge in [0.1, 0.15) is 17.3 Å². The van der Waals surface area contributed by atoms with Crippen LogP contribution in [0.2, 0.25) is 5.15 Å². The smallest absolute Gasteiger partial charge is 0.226 e. The predicted molar refractivity (Wildman–Crippen MR) is 108 cm³/mol. The van der Waals surface area contributed by atoms with Crippen LogP contribution in [-0.2, 0) is 4.79 Å². The molecule has 0 radical (unpaired) electrons. The molecule has 0 saturated heterocycles. The number of anilines is 1. The van der Waals surface area contributed by atoms with Crippen molar-refractivity contribution in [2.75, 3.05) is 5.32 Å². The summed E-state index contributed by atoms with van der Waals surface area (Å²) in [6.45, 7) is 1.91. The third-order valence-electron chi connectivity index (χ3n) is 4.97. The van der Waals surface area contributed by atoms with Crippen LogP contribution in [0.1, 0.15) is 29.4 Å². The highest BCUT2D eigenvalue weighted by atomic mass is 35.5. The first-order valence-corrected chi connectivity index (χ1v) is 9.52. The van der Waals surface area contributed by atoms with Crippen LogP contribution >= 0.6 is 11.6 Å². The quantitative estimate of drug-likeness (QED) is 0.547. The van der Waals surface area contributed by atoms with Crippen LogP contribution < -0.4 is 5.32 Å². The Labute approximate surface area is 171 Å². The number of hydrogen-bond donors (Lipinski definition) is 1. The zero-order valence-electron chi connectivity index (χ0n) is 15.5. The van der Waals surface area contributed by atoms with Gasteiger partial charge in [0, 0.05) is 17.5 Å². The van der Waals surface area contributed by atoms with E-state index in [1.807, 2.05) is 49.4 Å². The van der Waals surface area contributed by atoms with E-state index in [9.17, 15) is 4.79 Å². The van der Waals surface area contributed by atoms with Crippen molar-refractivity contribution >= 4 is 23.3 Å². The van der Waals surface area contributed by atoms with Crippen molar-refractivity contribution in [2.45, 2.75) is 19.3 Å². The number of nitrogens with one attached hydrogen (secondary N) is 1. The molecule has 144 valence electrons. The molecule has 4 heterocycles. The number of aromatic nitrogens is 4. The van der Waals surface area contributed by atoms with E-state index in [0.717, 1.165) is 28.3 Å². The van der Waals surface area contributed by atoms with Crippen LogP contribution in [0, 0.1) is 6.92 Å². The van der Waals surface area contributed by atoms with Gasteiger partial charge in [0.25, 0.3) is 0 Å². The van der Waals surface area contributed by atoms with Crippen LogP contribution in [0.15, 0.2) is 59.0 Å². The van der Waals surface area contributed by atoms with Gasteiger partial charge in [-0.25, -0.2) is 0 Å². The number of amides is 1. The van der Waals surface area contributed by atoms with Crippen LogP contribution in [0.5, 0.6) is 0 Å². The normalized spacial score (nSPS) is 15.8. The summed E-state index contributed by atoms with van der Waals surface area (Å²) >= 11 is 5.84. The monoisotopic (exact) mass is 405 g/mol. The van der Waals surface area contributed by atoms with Gasteiger partial charge in [0.05, 0.1) is 11.6 Å². The number of fused-ring (bicyclic) bond motifs is 1. The molecule has 1 aromatic carbocycles. The second-order valence-electron chi connectivity index (χ2n) is 6.85. The highest BCUT2D eigenvalue weighted by Crippen LogP contribution is 2.41. The summed E-state index contributed by atoms with van der Waals surface area (Å²) in [7, 11) is 0. The molecule has 1 aliphatic rings. The number of furan rings is 1. The molecule has 0 saturated carbocycles. The molecule has 1 N–H and O–H groups in total. The Morgan fingerprint density at radius 1 is 1.10 bits per heavy atom. The van der Waals surface area contributed by atoms with Crippen molar-refractivity contribution in [1.29, 1.82) is 0 Å². The Hall–Kier alpha value is -3.45. The number of carbonyl (C=O) groups is 1. The van der Waals surface area contributed by atoms with E-state index in [2.05, 4.69) is 20.6 Å². The zero-order chi connectivity index (χ0) is 20.0. The molecule has 0 bridgehead atoms. The lowest BCUT2D eigenvalue weighted by Gasteiger charge is -2.22. The SMILES string of the molecule is Cc1nn(-c2ccc(Cl)nn2)c2c1[C@@H](c1ccc(-c3ccccc3)o1)CC(=O)N2. The molecule has 0 fully saturated rings. The number of halogens is 1. The van der Waals surface area contributed by atoms with E-state index >= 15 is 0 Å². The molecule has 8 heteroatoms. The molecule has 1 aliphatic heterocycles. The van der Waals surface area contributed by atoms with Gasteiger partial charge >= 0.3 is 0 Å². The minimum Gasteiger partial charge on any atom is -0.460 e. The summed E-state index contributed by atoms with van der Waals surface area (Å²) in [5.41, 5.74) is 2.69. The lowest BCUT2D eigenvalue weighted by Crippen LogP contribution is -2.24. The Kier molecular flexibility index (Phi) is 4.17. The first-order valence-electron chi connectivity index (χ1n) is 9.14. The van der Waals surface area contributed by atoms with Crippen molar-refractivity contribution < 1.29 is 9.21 Å². The molecule has 1 atom stereocenters. The molecule has 0 spiro atoms. The van der Waals surface area contributed by atoms with Gasteiger partial charge in [-0.05, 0) is 31.2 Å². The fraction of sp³-hybridized carbons (Fsp3) is 0.143. The van der Waals surface area contributed by atoms with E-state index in [4.69, 9.17) is 16.0 Å². The first kappa shape index (κ1) is 17.6. The highest BCUT2D eigenvalue weighted by Gasteiger charge is 2.34. The van der Waals surface area contributed by atoms with E-state index in [0.29, 0.717) is 11.6 Å². The summed E-state index contributed by atoms with van der Waals surface area (Å²) in [6.07, 6.45) is 0.285. The molecule has 5 rings (SSSR count). The summed E-state index contributed by atoms with van der Waals surface area (Å²) in [5, 5.41) is 15.7. The summed E-state index contributed by atoms with van der Waals surface area (Å²) < 4.78 is 7.72. The van der Waals surface area contributed by atoms with Gasteiger partial charge < -0.3 is 9.73 Å². The van der Waals surface area contributed by atoms with Gasteiger partial charge in [-0.1, -0.05) is 41.9 Å². The highest BCUT2D eigenvalue weighted by molar-refractivity contribution is 6.29. The van der Waals surface area contributed by atoms with Crippen LogP contribution in [-0.4, -0.2) is 25.9 Å². The minimum absolute atomic E-state index is 0.108. The molecular weight excluding hydrogens is 390 g/mol. The van der Waals surface area contributed by atoms with Crippen LogP contribution in [0.25, 0.3) is 17.1 Å². The van der Waals surface area contributed by atoms with Crippen molar-refractivity contribution in [3.8, 4) is 17.1 Å². The standard InChI is InChI=1S/C21H16ClN5O2/c1-12-20-14(16-8-7-15(29-16)13-5-3-2-4-6-13)11-19(28)23-21(20)27(26-12)18-10-9-17(22)24-25-18/h2-10,14H,11H2,1H3,(H,23,28)/t14-/m1/s1. The molecule has 0 unspecified atom stereocenters. The second-order valence-corrected chi connectivity index (χ2v) is 7.23. The molecule has 4 aromatic rings. The van der Waals surface area contributed by atoms with Crippen molar-refractivity contribution in [1.82, 2.24) is 20.0 Å². The number of nitrogens with zero attached hydrogens (tertiary/aromatic N) is 4. The number of benzene rings is 1. The fourth-order valence-electron chi connectivity index (χ4n) is 3.68. The van der Waals surface area contributed by atoms with Crippen molar-refractivity contribution in [3.05, 3.63) is 76.8 Å². The maximum Gasteiger partial charge on any atom is 0.226 e. The molecular formula is C21H16ClN5O2. The van der Waals surface area contributed by atoms with Crippen molar-refractivity contribution in [2.24, 2.45) is 0 Å². The maximum atomic E-state index is 12.5. The molecule has 7 nitrogen and oxygen atoms in total. The van der Waals surface area contributed by atoms with Gasteiger partial charge in [-0.3, -0.25) is 4.79 Å². The third-order valence-corrected chi connectivity index (χ3v) is 5.17. The summed E-state index contributed by atoms with van der Waals surface area (Å²) in [5.74, 6) is 2.21. The van der Waals surface area contributed by atoms with Gasteiger partial charge in [-0.2, -0.15) is 9.78 Å². The average Bonchev–Trinajstić information content (AvgIpc) is 3.34. The lowest BCUT2D eigenvalue weighted by atomic mass is 9.90. The number of carbonyl (C=O) groups excluding carboxylic acids is 1. The lowest BCUT2D eigenvalue weighted by molar-refractivity contribution is -0.116. The Balaban J connectivity index is 1.59. The van der Waals surface area contributed by atoms with E-state index in [-0.39, 0.29) is 23.4 Å². The Bertz CT molecular complexity index is 1200. The second kappa shape index (κ2) is 6.86. The molecule has 1 amide bonds. The first-order chi connectivity index (χ1) is 14.1. The Morgan fingerprint density at radius 3 is 2.69 bits per heavy atom. The predicted octanol–water partition coefficient (Wildman–Crippen LogP) is 4.36. The van der Waals surface area contributed by atoms with Crippen LogP contribution in [0.3, 0.4) is 0 Å². The minimum atomic E-state index is -0.231. The Morgan fingerprint density at radius 2 is 1.93 bits per heavy atom. The van der Waals surface area contributed by atoms with Gasteiger partial charge in [0.2, 0.25) is 5.91 Å². The van der Waals surface area contributed by atoms with E-state index in [1.165, 1.54) is 0 Å². The van der Waals surface area contributed by atoms with Gasteiger partial charge in [0.15, 0.2) is 11.0 Å². The number of rotatable bonds is 3. The average molecular weight is 406 g/mol. The largest absolute Gasteiger partial charge is 0.460 e. The van der Waals surface area contributed by atoms with Crippen LogP contribution in [0.4, 0.5) is 5.82 Å². The maximum absolute atomic E-state index is 12.5. The third kappa shape index (κ3) is 3.09. The van der Waals surface area contributed by atoms with Gasteiger partial charge in [-0.15, -0.1) is 10.2 Å². The molecule has 0 aliphatic carbocycles. The van der Waals surface area contributed by atoms with E-state index in [1.54, 1.807) is 16.8 Å². The topological polar surface area (TPSA) is 85.8 Å².